The normalized spacial score (nSPS) is 13.0. The third kappa shape index (κ3) is 3.11. The zero-order chi connectivity index (χ0) is 13.9. The van der Waals surface area contributed by atoms with Crippen LogP contribution < -0.4 is 15.8 Å². The molecule has 0 fully saturated rings. The Balaban J connectivity index is 3.00. The van der Waals surface area contributed by atoms with E-state index in [0.717, 1.165) is 6.07 Å². The molecule has 0 saturated carbocycles. The van der Waals surface area contributed by atoms with Crippen molar-refractivity contribution in [3.05, 3.63) is 18.2 Å². The monoisotopic (exact) mass is 273 g/mol. The molecule has 100 valence electrons. The Morgan fingerprint density at radius 3 is 2.56 bits per heavy atom. The van der Waals surface area contributed by atoms with Crippen LogP contribution >= 0.6 is 0 Å². The van der Waals surface area contributed by atoms with Gasteiger partial charge in [-0.1, -0.05) is 0 Å². The molecule has 0 spiro atoms. The van der Waals surface area contributed by atoms with Gasteiger partial charge in [0.15, 0.2) is 0 Å². The number of likely N-dealkylation sites (N-methyl/N-ethyl adjacent to an activating group) is 1. The lowest BCUT2D eigenvalue weighted by Crippen LogP contribution is -2.43. The van der Waals surface area contributed by atoms with Gasteiger partial charge in [0.2, 0.25) is 15.9 Å². The summed E-state index contributed by atoms with van der Waals surface area (Å²) in [5, 5.41) is 11.5. The van der Waals surface area contributed by atoms with Gasteiger partial charge in [-0.25, -0.2) is 8.42 Å². The number of nitrogens with two attached hydrogens (primary N) is 1. The molecule has 18 heavy (non-hydrogen) atoms. The quantitative estimate of drug-likeness (QED) is 0.430. The van der Waals surface area contributed by atoms with Crippen LogP contribution in [0.25, 0.3) is 0 Å². The maximum atomic E-state index is 11.9. The number of hydrogen-bond donors (Lipinski definition) is 4. The highest BCUT2D eigenvalue weighted by Crippen LogP contribution is 2.23. The molecule has 7 nitrogen and oxygen atoms in total. The first-order valence-corrected chi connectivity index (χ1v) is 6.58. The Bertz CT molecular complexity index is 556. The predicted molar refractivity (Wildman–Crippen MR) is 66.4 cm³/mol. The van der Waals surface area contributed by atoms with Gasteiger partial charge in [0.25, 0.3) is 0 Å². The van der Waals surface area contributed by atoms with E-state index in [4.69, 9.17) is 5.73 Å². The summed E-state index contributed by atoms with van der Waals surface area (Å²) in [5.74, 6) is -0.654. The number of nitrogen functional groups attached to an aromatic ring is 1. The van der Waals surface area contributed by atoms with Crippen molar-refractivity contribution in [3.63, 3.8) is 0 Å². The van der Waals surface area contributed by atoms with Gasteiger partial charge in [0.1, 0.15) is 5.75 Å². The number of hydrogen-bond acceptors (Lipinski definition) is 5. The molecule has 1 aromatic carbocycles. The van der Waals surface area contributed by atoms with Crippen LogP contribution in [0.2, 0.25) is 0 Å². The van der Waals surface area contributed by atoms with Crippen molar-refractivity contribution in [1.82, 2.24) is 10.0 Å². The maximum absolute atomic E-state index is 11.9. The first-order valence-electron chi connectivity index (χ1n) is 5.10. The number of nitrogens with one attached hydrogen (secondary N) is 2. The molecule has 1 rings (SSSR count). The lowest BCUT2D eigenvalue weighted by molar-refractivity contribution is -0.121. The average molecular weight is 273 g/mol. The van der Waals surface area contributed by atoms with E-state index in [2.05, 4.69) is 10.0 Å². The lowest BCUT2D eigenvalue weighted by atomic mass is 10.3. The molecule has 5 N–H and O–H groups in total. The van der Waals surface area contributed by atoms with Gasteiger partial charge in [-0.2, -0.15) is 4.72 Å². The Kier molecular flexibility index (Phi) is 4.15. The summed E-state index contributed by atoms with van der Waals surface area (Å²) in [6.07, 6.45) is 0. The van der Waals surface area contributed by atoms with Gasteiger partial charge >= 0.3 is 0 Å². The maximum Gasteiger partial charge on any atom is 0.241 e. The standard InChI is InChI=1S/C10H15N3O4S/c1-6(10(15)12-2)13-18(16,17)7-3-4-9(14)8(11)5-7/h3-6,13-14H,11H2,1-2H3,(H,12,15). The number of aromatic hydroxyl groups is 1. The molecule has 8 heteroatoms. The van der Waals surface area contributed by atoms with Gasteiger partial charge in [-0.15, -0.1) is 0 Å². The molecule has 1 amide bonds. The number of anilines is 1. The second kappa shape index (κ2) is 5.23. The lowest BCUT2D eigenvalue weighted by Gasteiger charge is -2.13. The van der Waals surface area contributed by atoms with Crippen molar-refractivity contribution >= 4 is 21.6 Å². The number of amides is 1. The molecule has 1 aromatic rings. The molecular weight excluding hydrogens is 258 g/mol. The van der Waals surface area contributed by atoms with Crippen LogP contribution in [0.3, 0.4) is 0 Å². The third-order valence-electron chi connectivity index (χ3n) is 2.28. The summed E-state index contributed by atoms with van der Waals surface area (Å²) in [5.41, 5.74) is 5.36. The van der Waals surface area contributed by atoms with Crippen molar-refractivity contribution in [1.29, 1.82) is 0 Å². The first-order chi connectivity index (χ1) is 8.27. The Labute approximate surface area is 105 Å². The summed E-state index contributed by atoms with van der Waals surface area (Å²) in [4.78, 5) is 11.1. The fourth-order valence-electron chi connectivity index (χ4n) is 1.27. The summed E-state index contributed by atoms with van der Waals surface area (Å²) in [6, 6.07) is 2.59. The predicted octanol–water partition coefficient (Wildman–Crippen LogP) is -0.613. The smallest absolute Gasteiger partial charge is 0.241 e. The molecule has 0 aliphatic rings. The van der Waals surface area contributed by atoms with Crippen LogP contribution in [0.4, 0.5) is 5.69 Å². The minimum Gasteiger partial charge on any atom is -0.506 e. The zero-order valence-corrected chi connectivity index (χ0v) is 10.8. The van der Waals surface area contributed by atoms with Crippen LogP contribution in [-0.4, -0.2) is 32.5 Å². The van der Waals surface area contributed by atoms with Crippen molar-refractivity contribution in [2.75, 3.05) is 12.8 Å². The number of phenols is 1. The first kappa shape index (κ1) is 14.3. The van der Waals surface area contributed by atoms with E-state index in [1.54, 1.807) is 0 Å². The summed E-state index contributed by atoms with van der Waals surface area (Å²) >= 11 is 0. The van der Waals surface area contributed by atoms with Gasteiger partial charge in [0.05, 0.1) is 16.6 Å². The van der Waals surface area contributed by atoms with Crippen LogP contribution in [0, 0.1) is 0 Å². The van der Waals surface area contributed by atoms with E-state index >= 15 is 0 Å². The SMILES string of the molecule is CNC(=O)C(C)NS(=O)(=O)c1ccc(O)c(N)c1. The number of carbonyl (C=O) groups is 1. The van der Waals surface area contributed by atoms with Crippen LogP contribution in [0.1, 0.15) is 6.92 Å². The number of carbonyl (C=O) groups excluding carboxylic acids is 1. The molecule has 0 saturated heterocycles. The van der Waals surface area contributed by atoms with E-state index in [9.17, 15) is 18.3 Å². The van der Waals surface area contributed by atoms with Crippen molar-refractivity contribution < 1.29 is 18.3 Å². The van der Waals surface area contributed by atoms with Crippen molar-refractivity contribution in [2.24, 2.45) is 0 Å². The van der Waals surface area contributed by atoms with E-state index in [1.165, 1.54) is 26.1 Å². The van der Waals surface area contributed by atoms with Crippen LogP contribution in [0.5, 0.6) is 5.75 Å². The fourth-order valence-corrected chi connectivity index (χ4v) is 2.51. The highest BCUT2D eigenvalue weighted by molar-refractivity contribution is 7.89. The second-order valence-corrected chi connectivity index (χ2v) is 5.39. The topological polar surface area (TPSA) is 122 Å². The molecule has 1 unspecified atom stereocenters. The molecular formula is C10H15N3O4S. The summed E-state index contributed by atoms with van der Waals surface area (Å²) in [7, 11) is -2.45. The Morgan fingerprint density at radius 2 is 2.06 bits per heavy atom. The fraction of sp³-hybridized carbons (Fsp3) is 0.300. The van der Waals surface area contributed by atoms with Crippen LogP contribution in [0.15, 0.2) is 23.1 Å². The highest BCUT2D eigenvalue weighted by Gasteiger charge is 2.21. The van der Waals surface area contributed by atoms with E-state index in [-0.39, 0.29) is 16.3 Å². The summed E-state index contributed by atoms with van der Waals surface area (Å²) in [6.45, 7) is 1.42. The molecule has 0 aromatic heterocycles. The highest BCUT2D eigenvalue weighted by atomic mass is 32.2. The Hall–Kier alpha value is -1.80. The number of rotatable bonds is 4. The molecule has 0 radical (unpaired) electrons. The van der Waals surface area contributed by atoms with E-state index in [1.807, 2.05) is 0 Å². The minimum atomic E-state index is -3.86. The van der Waals surface area contributed by atoms with E-state index < -0.39 is 22.0 Å². The van der Waals surface area contributed by atoms with Gasteiger partial charge < -0.3 is 16.2 Å². The Morgan fingerprint density at radius 1 is 1.44 bits per heavy atom. The number of phenolic OH excluding ortho intramolecular Hbond substituents is 1. The second-order valence-electron chi connectivity index (χ2n) is 3.68. The number of benzene rings is 1. The van der Waals surface area contributed by atoms with Crippen LogP contribution in [-0.2, 0) is 14.8 Å². The van der Waals surface area contributed by atoms with Gasteiger partial charge in [-0.3, -0.25) is 4.79 Å². The molecule has 1 atom stereocenters. The summed E-state index contributed by atoms with van der Waals surface area (Å²) < 4.78 is 26.0. The molecule has 0 aliphatic carbocycles. The molecule has 0 heterocycles. The minimum absolute atomic E-state index is 0.0505. The third-order valence-corrected chi connectivity index (χ3v) is 3.82. The van der Waals surface area contributed by atoms with E-state index in [0.29, 0.717) is 0 Å². The average Bonchev–Trinajstić information content (AvgIpc) is 2.30. The van der Waals surface area contributed by atoms with Crippen molar-refractivity contribution in [3.8, 4) is 5.75 Å². The number of sulfonamides is 1. The van der Waals surface area contributed by atoms with Gasteiger partial charge in [0, 0.05) is 7.05 Å². The van der Waals surface area contributed by atoms with Crippen molar-refractivity contribution in [2.45, 2.75) is 17.9 Å². The largest absolute Gasteiger partial charge is 0.506 e. The zero-order valence-electron chi connectivity index (χ0n) is 9.97. The molecule has 0 bridgehead atoms. The molecule has 0 aliphatic heterocycles. The van der Waals surface area contributed by atoms with Gasteiger partial charge in [-0.05, 0) is 25.1 Å².